The number of amides is 1. The zero-order valence-electron chi connectivity index (χ0n) is 8.49. The summed E-state index contributed by atoms with van der Waals surface area (Å²) in [4.78, 5) is 22.2. The van der Waals surface area contributed by atoms with Crippen LogP contribution in [0.5, 0.6) is 0 Å². The van der Waals surface area contributed by atoms with Crippen LogP contribution >= 0.6 is 15.9 Å². The number of methoxy groups -OCH3 is 1. The van der Waals surface area contributed by atoms with E-state index in [4.69, 9.17) is 0 Å². The van der Waals surface area contributed by atoms with E-state index in [0.29, 0.717) is 10.2 Å². The van der Waals surface area contributed by atoms with Crippen molar-refractivity contribution in [2.45, 2.75) is 0 Å². The summed E-state index contributed by atoms with van der Waals surface area (Å²) in [5, 5.41) is 8.80. The molecule has 1 rings (SSSR count). The third-order valence-corrected chi connectivity index (χ3v) is 2.26. The van der Waals surface area contributed by atoms with Crippen LogP contribution in [0, 0.1) is 0 Å². The summed E-state index contributed by atoms with van der Waals surface area (Å²) in [6.45, 7) is 0.236. The van der Waals surface area contributed by atoms with Gasteiger partial charge in [0, 0.05) is 12.6 Å². The van der Waals surface area contributed by atoms with Crippen molar-refractivity contribution in [2.24, 2.45) is 0 Å². The molecule has 1 heterocycles. The summed E-state index contributed by atoms with van der Waals surface area (Å²) < 4.78 is 4.97. The minimum absolute atomic E-state index is 0.236. The fourth-order valence-electron chi connectivity index (χ4n) is 0.894. The van der Waals surface area contributed by atoms with Gasteiger partial charge in [0.05, 0.1) is 17.8 Å². The zero-order valence-corrected chi connectivity index (χ0v) is 10.1. The monoisotopic (exact) mass is 287 g/mol. The van der Waals surface area contributed by atoms with Crippen LogP contribution in [0.3, 0.4) is 0 Å². The molecule has 7 heteroatoms. The summed E-state index contributed by atoms with van der Waals surface area (Å²) in [5.74, 6) is -0.768. The molecule has 0 fully saturated rings. The van der Waals surface area contributed by atoms with Crippen LogP contribution in [-0.4, -0.2) is 35.7 Å². The van der Waals surface area contributed by atoms with Crippen molar-refractivity contribution in [2.75, 3.05) is 13.7 Å². The third-order valence-electron chi connectivity index (χ3n) is 1.66. The number of carbonyl (C=O) groups is 2. The molecule has 16 heavy (non-hydrogen) atoms. The molecule has 1 aromatic rings. The predicted molar refractivity (Wildman–Crippen MR) is 59.8 cm³/mol. The number of esters is 1. The first-order valence-electron chi connectivity index (χ1n) is 4.36. The number of aromatic nitrogens is 2. The molecule has 0 unspecified atom stereocenters. The normalized spacial score (nSPS) is 10.4. The maximum atomic E-state index is 11.5. The molecule has 0 aliphatic rings. The molecule has 0 saturated heterocycles. The van der Waals surface area contributed by atoms with Crippen LogP contribution in [0.15, 0.2) is 22.8 Å². The first-order valence-corrected chi connectivity index (χ1v) is 5.16. The van der Waals surface area contributed by atoms with Gasteiger partial charge < -0.3 is 10.1 Å². The summed E-state index contributed by atoms with van der Waals surface area (Å²) >= 11 is 3.16. The van der Waals surface area contributed by atoms with Crippen molar-refractivity contribution in [3.63, 3.8) is 0 Å². The van der Waals surface area contributed by atoms with E-state index < -0.39 is 5.97 Å². The lowest BCUT2D eigenvalue weighted by Gasteiger charge is -1.99. The lowest BCUT2D eigenvalue weighted by molar-refractivity contribution is -0.134. The maximum Gasteiger partial charge on any atom is 0.330 e. The number of rotatable bonds is 4. The number of nitrogens with zero attached hydrogens (tertiary/aromatic N) is 1. The van der Waals surface area contributed by atoms with Crippen molar-refractivity contribution in [3.05, 3.63) is 28.5 Å². The second-order valence-corrected chi connectivity index (χ2v) is 3.58. The first kappa shape index (κ1) is 12.4. The molecule has 1 amide bonds. The number of hydrogen-bond acceptors (Lipinski definition) is 4. The molecule has 0 aromatic carbocycles. The topological polar surface area (TPSA) is 84.1 Å². The molecule has 0 aliphatic carbocycles. The van der Waals surface area contributed by atoms with Crippen molar-refractivity contribution in [3.8, 4) is 0 Å². The Morgan fingerprint density at radius 2 is 2.44 bits per heavy atom. The van der Waals surface area contributed by atoms with Gasteiger partial charge in [-0.15, -0.1) is 0 Å². The molecule has 2 N–H and O–H groups in total. The van der Waals surface area contributed by atoms with E-state index in [0.717, 1.165) is 0 Å². The van der Waals surface area contributed by atoms with Gasteiger partial charge in [0.15, 0.2) is 0 Å². The van der Waals surface area contributed by atoms with Crippen molar-refractivity contribution < 1.29 is 14.3 Å². The van der Waals surface area contributed by atoms with E-state index in [1.54, 1.807) is 0 Å². The Balaban J connectivity index is 2.40. The van der Waals surface area contributed by atoms with Crippen molar-refractivity contribution in [1.29, 1.82) is 0 Å². The fraction of sp³-hybridized carbons (Fsp3) is 0.222. The Morgan fingerprint density at radius 1 is 1.69 bits per heavy atom. The lowest BCUT2D eigenvalue weighted by atomic mass is 10.4. The average molecular weight is 288 g/mol. The van der Waals surface area contributed by atoms with E-state index in [-0.39, 0.29) is 12.5 Å². The van der Waals surface area contributed by atoms with Gasteiger partial charge in [0.25, 0.3) is 5.91 Å². The van der Waals surface area contributed by atoms with E-state index in [1.165, 1.54) is 25.5 Å². The number of nitrogens with one attached hydrogen (secondary N) is 2. The fourth-order valence-corrected chi connectivity index (χ4v) is 1.26. The second-order valence-electron chi connectivity index (χ2n) is 2.73. The summed E-state index contributed by atoms with van der Waals surface area (Å²) in [5.41, 5.74) is 0.339. The minimum Gasteiger partial charge on any atom is -0.466 e. The van der Waals surface area contributed by atoms with Gasteiger partial charge in [-0.25, -0.2) is 4.79 Å². The zero-order chi connectivity index (χ0) is 12.0. The number of halogens is 1. The van der Waals surface area contributed by atoms with Crippen molar-refractivity contribution >= 4 is 27.8 Å². The molecule has 6 nitrogen and oxygen atoms in total. The minimum atomic E-state index is -0.461. The van der Waals surface area contributed by atoms with E-state index >= 15 is 0 Å². The molecule has 0 radical (unpaired) electrons. The van der Waals surface area contributed by atoms with Crippen LogP contribution in [0.25, 0.3) is 0 Å². The lowest BCUT2D eigenvalue weighted by Crippen LogP contribution is -2.24. The third kappa shape index (κ3) is 3.50. The molecule has 1 aromatic heterocycles. The Hall–Kier alpha value is -1.63. The van der Waals surface area contributed by atoms with Crippen LogP contribution in [0.1, 0.15) is 10.5 Å². The molecule has 86 valence electrons. The number of aromatic amines is 1. The first-order chi connectivity index (χ1) is 7.65. The van der Waals surface area contributed by atoms with Crippen LogP contribution in [-0.2, 0) is 9.53 Å². The average Bonchev–Trinajstić information content (AvgIpc) is 2.70. The van der Waals surface area contributed by atoms with E-state index in [2.05, 4.69) is 36.2 Å². The Bertz CT molecular complexity index is 414. The Morgan fingerprint density at radius 3 is 3.00 bits per heavy atom. The highest BCUT2D eigenvalue weighted by Gasteiger charge is 2.10. The van der Waals surface area contributed by atoms with Gasteiger partial charge in [0.1, 0.15) is 5.69 Å². The smallest absolute Gasteiger partial charge is 0.330 e. The molecular formula is C9H10BrN3O3. The molecule has 0 atom stereocenters. The van der Waals surface area contributed by atoms with Gasteiger partial charge in [-0.1, -0.05) is 6.08 Å². The van der Waals surface area contributed by atoms with Crippen LogP contribution < -0.4 is 5.32 Å². The predicted octanol–water partition coefficient (Wildman–Crippen LogP) is 0.631. The Labute approximate surface area is 100 Å². The van der Waals surface area contributed by atoms with Gasteiger partial charge >= 0.3 is 5.97 Å². The highest BCUT2D eigenvalue weighted by atomic mass is 79.9. The van der Waals surface area contributed by atoms with Gasteiger partial charge in [-0.2, -0.15) is 5.10 Å². The van der Waals surface area contributed by atoms with E-state index in [1.807, 2.05) is 0 Å². The number of ether oxygens (including phenoxy) is 1. The highest BCUT2D eigenvalue weighted by Crippen LogP contribution is 2.11. The standard InChI is InChI=1S/C9H10BrN3O3/c1-16-7(14)3-2-4-11-9(15)8-6(10)5-12-13-8/h2-3,5H,4H2,1H3,(H,11,15)(H,12,13)/b3-2+. The molecule has 0 saturated carbocycles. The second kappa shape index (κ2) is 6.06. The molecule has 0 bridgehead atoms. The number of carbonyl (C=O) groups excluding carboxylic acids is 2. The summed E-state index contributed by atoms with van der Waals surface area (Å²) in [7, 11) is 1.28. The summed E-state index contributed by atoms with van der Waals surface area (Å²) in [6, 6.07) is 0. The maximum absolute atomic E-state index is 11.5. The SMILES string of the molecule is COC(=O)/C=C/CNC(=O)c1[nH]ncc1Br. The highest BCUT2D eigenvalue weighted by molar-refractivity contribution is 9.10. The van der Waals surface area contributed by atoms with E-state index in [9.17, 15) is 9.59 Å². The number of H-pyrrole nitrogens is 1. The summed E-state index contributed by atoms with van der Waals surface area (Å²) in [6.07, 6.45) is 4.22. The van der Waals surface area contributed by atoms with Crippen LogP contribution in [0.4, 0.5) is 0 Å². The van der Waals surface area contributed by atoms with Crippen molar-refractivity contribution in [1.82, 2.24) is 15.5 Å². The van der Waals surface area contributed by atoms with Gasteiger partial charge in [-0.05, 0) is 15.9 Å². The van der Waals surface area contributed by atoms with Crippen LogP contribution in [0.2, 0.25) is 0 Å². The molecule has 0 spiro atoms. The largest absolute Gasteiger partial charge is 0.466 e. The van der Waals surface area contributed by atoms with Gasteiger partial charge in [-0.3, -0.25) is 9.89 Å². The number of hydrogen-bond donors (Lipinski definition) is 2. The quantitative estimate of drug-likeness (QED) is 0.628. The Kier molecular flexibility index (Phi) is 4.71. The molecule has 0 aliphatic heterocycles. The molecular weight excluding hydrogens is 278 g/mol. The van der Waals surface area contributed by atoms with Gasteiger partial charge in [0.2, 0.25) is 0 Å².